The average molecular weight is 1110 g/mol. The summed E-state index contributed by atoms with van der Waals surface area (Å²) in [6.45, 7) is 10.3. The standard InChI is InChI=1S/C66H107NO12/c1-5-9-12-15-18-21-22-25-28-31-40-47-60(69)77-57(46-39-30-27-24-20-17-14-11-7-3)50-61(70)79-64-62(65(73-48-8-4)78-58(63(64)71)53-76-66(72)75-52-55-43-36-33-37-44-55)67-59(68)49-56(74-51-54-41-34-32-35-42-54)45-38-29-26-23-19-16-13-10-6-2/h8,32-37,41-44,56-58,62-65,71H,4-7,9-31,38-40,45-53H2,1-3H3,(H,67,68)/t56-,57-,58-,62-,63-,64-,65+/m1/s1. The number of esters is 2. The number of benzene rings is 2. The molecule has 0 aliphatic carbocycles. The van der Waals surface area contributed by atoms with E-state index in [9.17, 15) is 24.3 Å². The van der Waals surface area contributed by atoms with E-state index in [0.29, 0.717) is 25.9 Å². The zero-order chi connectivity index (χ0) is 56.8. The van der Waals surface area contributed by atoms with Crippen molar-refractivity contribution in [3.8, 4) is 0 Å². The van der Waals surface area contributed by atoms with Crippen LogP contribution in [0.2, 0.25) is 0 Å². The molecule has 2 N–H and O–H groups in total. The second kappa shape index (κ2) is 46.3. The SMILES string of the molecule is C=CCO[C@H]1O[C@H](COC(=O)OCc2ccccc2)[C@@H](O)[C@H](OC(=O)C[C@@H](CCCCCCCCCCC)OC(=O)CCCCCCCCCCCCC)[C@H]1NC(=O)C[C@@H](CCCCCCCCCCC)OCc1ccccc1. The Balaban J connectivity index is 1.79. The highest BCUT2D eigenvalue weighted by molar-refractivity contribution is 5.77. The summed E-state index contributed by atoms with van der Waals surface area (Å²) in [6.07, 6.45) is 28.2. The minimum absolute atomic E-state index is 0.0129. The molecule has 448 valence electrons. The molecule has 2 aromatic carbocycles. The van der Waals surface area contributed by atoms with Crippen molar-refractivity contribution >= 4 is 24.0 Å². The van der Waals surface area contributed by atoms with Gasteiger partial charge in [0.1, 0.15) is 37.6 Å². The predicted octanol–water partition coefficient (Wildman–Crippen LogP) is 15.8. The fraction of sp³-hybridized carbons (Fsp3) is 0.727. The summed E-state index contributed by atoms with van der Waals surface area (Å²) < 4.78 is 41.8. The Bertz CT molecular complexity index is 1830. The molecule has 0 spiro atoms. The molecule has 0 bridgehead atoms. The first-order chi connectivity index (χ1) is 38.7. The van der Waals surface area contributed by atoms with Crippen LogP contribution in [-0.2, 0) is 60.8 Å². The smallest absolute Gasteiger partial charge is 0.462 e. The van der Waals surface area contributed by atoms with Crippen LogP contribution in [0.1, 0.15) is 250 Å². The first kappa shape index (κ1) is 69.0. The summed E-state index contributed by atoms with van der Waals surface area (Å²) >= 11 is 0. The number of unbranched alkanes of at least 4 members (excludes halogenated alkanes) is 26. The molecule has 1 aliphatic heterocycles. The molecule has 1 aliphatic rings. The number of aliphatic hydroxyl groups excluding tert-OH is 1. The maximum absolute atomic E-state index is 14.3. The molecule has 0 saturated carbocycles. The van der Waals surface area contributed by atoms with Gasteiger partial charge in [0.25, 0.3) is 0 Å². The van der Waals surface area contributed by atoms with Crippen LogP contribution >= 0.6 is 0 Å². The summed E-state index contributed by atoms with van der Waals surface area (Å²) in [5, 5.41) is 15.1. The van der Waals surface area contributed by atoms with E-state index in [4.69, 9.17) is 33.2 Å². The van der Waals surface area contributed by atoms with Crippen LogP contribution in [0.15, 0.2) is 73.3 Å². The van der Waals surface area contributed by atoms with E-state index in [0.717, 1.165) is 75.3 Å². The molecular formula is C66H107NO12. The van der Waals surface area contributed by atoms with E-state index < -0.39 is 67.5 Å². The Morgan fingerprint density at radius 3 is 1.56 bits per heavy atom. The van der Waals surface area contributed by atoms with E-state index in [1.807, 2.05) is 60.7 Å². The number of nitrogens with one attached hydrogen (secondary N) is 1. The molecule has 79 heavy (non-hydrogen) atoms. The Hall–Kier alpha value is -4.30. The predicted molar refractivity (Wildman–Crippen MR) is 314 cm³/mol. The van der Waals surface area contributed by atoms with Crippen molar-refractivity contribution in [2.24, 2.45) is 0 Å². The maximum Gasteiger partial charge on any atom is 0.508 e. The van der Waals surface area contributed by atoms with Crippen LogP contribution in [0.5, 0.6) is 0 Å². The Labute approximate surface area is 477 Å². The van der Waals surface area contributed by atoms with E-state index in [-0.39, 0.29) is 38.4 Å². The largest absolute Gasteiger partial charge is 0.508 e. The molecule has 1 saturated heterocycles. The molecule has 3 rings (SSSR count). The monoisotopic (exact) mass is 1110 g/mol. The molecular weight excluding hydrogens is 999 g/mol. The van der Waals surface area contributed by atoms with Crippen LogP contribution < -0.4 is 5.32 Å². The quantitative estimate of drug-likeness (QED) is 0.0279. The number of aliphatic hydroxyl groups is 1. The first-order valence-electron chi connectivity index (χ1n) is 31.4. The zero-order valence-corrected chi connectivity index (χ0v) is 49.4. The fourth-order valence-electron chi connectivity index (χ4n) is 10.2. The molecule has 0 radical (unpaired) electrons. The van der Waals surface area contributed by atoms with Crippen LogP contribution in [-0.4, -0.2) is 85.2 Å². The van der Waals surface area contributed by atoms with Gasteiger partial charge in [0.2, 0.25) is 5.91 Å². The summed E-state index contributed by atoms with van der Waals surface area (Å²) in [5.41, 5.74) is 1.75. The van der Waals surface area contributed by atoms with Gasteiger partial charge in [-0.3, -0.25) is 14.4 Å². The van der Waals surface area contributed by atoms with Gasteiger partial charge < -0.3 is 43.6 Å². The maximum atomic E-state index is 14.3. The minimum atomic E-state index is -1.61. The lowest BCUT2D eigenvalue weighted by Gasteiger charge is -2.44. The molecule has 13 heteroatoms. The number of amides is 1. The van der Waals surface area contributed by atoms with Crippen molar-refractivity contribution in [2.75, 3.05) is 13.2 Å². The van der Waals surface area contributed by atoms with Crippen LogP contribution in [0.25, 0.3) is 0 Å². The number of carbonyl (C=O) groups excluding carboxylic acids is 4. The van der Waals surface area contributed by atoms with Crippen molar-refractivity contribution in [3.05, 3.63) is 84.4 Å². The Morgan fingerprint density at radius 1 is 0.582 bits per heavy atom. The molecule has 7 atom stereocenters. The minimum Gasteiger partial charge on any atom is -0.462 e. The van der Waals surface area contributed by atoms with Gasteiger partial charge in [-0.25, -0.2) is 4.79 Å². The van der Waals surface area contributed by atoms with Gasteiger partial charge in [0.15, 0.2) is 12.4 Å². The third-order valence-electron chi connectivity index (χ3n) is 14.9. The highest BCUT2D eigenvalue weighted by Gasteiger charge is 2.49. The summed E-state index contributed by atoms with van der Waals surface area (Å²) in [5.74, 6) is -1.49. The van der Waals surface area contributed by atoms with Gasteiger partial charge in [-0.05, 0) is 36.8 Å². The Kier molecular flexibility index (Phi) is 40.4. The van der Waals surface area contributed by atoms with Gasteiger partial charge in [-0.1, -0.05) is 261 Å². The van der Waals surface area contributed by atoms with E-state index in [1.54, 1.807) is 0 Å². The van der Waals surface area contributed by atoms with Gasteiger partial charge in [0, 0.05) is 6.42 Å². The van der Waals surface area contributed by atoms with Crippen molar-refractivity contribution in [1.29, 1.82) is 0 Å². The van der Waals surface area contributed by atoms with Crippen molar-refractivity contribution in [2.45, 2.75) is 295 Å². The van der Waals surface area contributed by atoms with Gasteiger partial charge >= 0.3 is 18.1 Å². The third kappa shape index (κ3) is 33.9. The van der Waals surface area contributed by atoms with Crippen LogP contribution in [0.3, 0.4) is 0 Å². The lowest BCUT2D eigenvalue weighted by atomic mass is 9.95. The lowest BCUT2D eigenvalue weighted by molar-refractivity contribution is -0.271. The third-order valence-corrected chi connectivity index (χ3v) is 14.9. The summed E-state index contributed by atoms with van der Waals surface area (Å²) in [6, 6.07) is 17.8. The normalized spacial score (nSPS) is 17.8. The fourth-order valence-corrected chi connectivity index (χ4v) is 10.2. The van der Waals surface area contributed by atoms with Gasteiger partial charge in [0.05, 0.1) is 32.2 Å². The average Bonchev–Trinajstić information content (AvgIpc) is 3.46. The van der Waals surface area contributed by atoms with Crippen LogP contribution in [0.4, 0.5) is 4.79 Å². The second-order valence-corrected chi connectivity index (χ2v) is 22.0. The van der Waals surface area contributed by atoms with Crippen molar-refractivity contribution in [1.82, 2.24) is 5.32 Å². The highest BCUT2D eigenvalue weighted by atomic mass is 16.7. The van der Waals surface area contributed by atoms with E-state index >= 15 is 0 Å². The van der Waals surface area contributed by atoms with Crippen LogP contribution in [0, 0.1) is 0 Å². The number of hydrogen-bond donors (Lipinski definition) is 2. The van der Waals surface area contributed by atoms with E-state index in [1.165, 1.54) is 122 Å². The summed E-state index contributed by atoms with van der Waals surface area (Å²) in [4.78, 5) is 54.9. The Morgan fingerprint density at radius 2 is 1.05 bits per heavy atom. The second-order valence-electron chi connectivity index (χ2n) is 22.0. The number of rotatable bonds is 49. The zero-order valence-electron chi connectivity index (χ0n) is 49.4. The molecule has 0 aromatic heterocycles. The lowest BCUT2D eigenvalue weighted by Crippen LogP contribution is -2.66. The van der Waals surface area contributed by atoms with Crippen molar-refractivity contribution in [3.63, 3.8) is 0 Å². The van der Waals surface area contributed by atoms with Gasteiger partial charge in [-0.2, -0.15) is 0 Å². The van der Waals surface area contributed by atoms with E-state index in [2.05, 4.69) is 32.7 Å². The topological polar surface area (TPSA) is 165 Å². The molecule has 2 aromatic rings. The number of hydrogen-bond acceptors (Lipinski definition) is 12. The first-order valence-corrected chi connectivity index (χ1v) is 31.4. The summed E-state index contributed by atoms with van der Waals surface area (Å²) in [7, 11) is 0. The highest BCUT2D eigenvalue weighted by Crippen LogP contribution is 2.28. The number of ether oxygens (including phenoxy) is 7. The van der Waals surface area contributed by atoms with Gasteiger partial charge in [-0.15, -0.1) is 6.58 Å². The molecule has 0 unspecified atom stereocenters. The molecule has 1 heterocycles. The molecule has 1 amide bonds. The molecule has 1 fully saturated rings. The van der Waals surface area contributed by atoms with Crippen molar-refractivity contribution < 1.29 is 57.4 Å². The molecule has 13 nitrogen and oxygen atoms in total. The number of carbonyl (C=O) groups is 4.